The van der Waals surface area contributed by atoms with Crippen LogP contribution < -0.4 is 10.4 Å². The third-order valence-electron chi connectivity index (χ3n) is 3.94. The summed E-state index contributed by atoms with van der Waals surface area (Å²) >= 11 is 0. The van der Waals surface area contributed by atoms with E-state index in [1.54, 1.807) is 50.4 Å². The van der Waals surface area contributed by atoms with E-state index in [1.165, 1.54) is 23.1 Å². The minimum absolute atomic E-state index is 0.246. The lowest BCUT2D eigenvalue weighted by Crippen LogP contribution is -2.37. The second-order valence-electron chi connectivity index (χ2n) is 6.04. The zero-order valence-electron chi connectivity index (χ0n) is 14.4. The van der Waals surface area contributed by atoms with Crippen molar-refractivity contribution in [3.8, 4) is 5.75 Å². The molecule has 1 atom stereocenters. The lowest BCUT2D eigenvalue weighted by atomic mass is 10.2. The second-order valence-corrected chi connectivity index (χ2v) is 6.04. The van der Waals surface area contributed by atoms with Crippen LogP contribution in [0.25, 0.3) is 11.0 Å². The molecule has 5 nitrogen and oxygen atoms in total. The van der Waals surface area contributed by atoms with Crippen molar-refractivity contribution in [2.45, 2.75) is 19.6 Å². The lowest BCUT2D eigenvalue weighted by Gasteiger charge is -2.22. The maximum absolute atomic E-state index is 13.3. The lowest BCUT2D eigenvalue weighted by molar-refractivity contribution is -0.137. The minimum atomic E-state index is -0.749. The van der Waals surface area contributed by atoms with E-state index in [2.05, 4.69) is 0 Å². The Morgan fingerprint density at radius 2 is 1.96 bits per heavy atom. The van der Waals surface area contributed by atoms with Gasteiger partial charge < -0.3 is 14.1 Å². The highest BCUT2D eigenvalue weighted by Gasteiger charge is 2.19. The van der Waals surface area contributed by atoms with Crippen molar-refractivity contribution >= 4 is 16.9 Å². The minimum Gasteiger partial charge on any atom is -0.481 e. The monoisotopic (exact) mass is 355 g/mol. The number of fused-ring (bicyclic) bond motifs is 1. The summed E-state index contributed by atoms with van der Waals surface area (Å²) < 4.78 is 24.1. The van der Waals surface area contributed by atoms with Gasteiger partial charge in [0.15, 0.2) is 6.10 Å². The molecule has 26 heavy (non-hydrogen) atoms. The SMILES string of the molecule is CC(Oc1ccc2ccc(=O)oc2c1)C(=O)N(C)Cc1cccc(F)c1. The Bertz CT molecular complexity index is 998. The summed E-state index contributed by atoms with van der Waals surface area (Å²) in [7, 11) is 1.63. The van der Waals surface area contributed by atoms with Gasteiger partial charge in [-0.1, -0.05) is 12.1 Å². The van der Waals surface area contributed by atoms with Crippen molar-refractivity contribution in [2.24, 2.45) is 0 Å². The van der Waals surface area contributed by atoms with E-state index in [0.717, 1.165) is 5.39 Å². The van der Waals surface area contributed by atoms with Crippen LogP contribution in [-0.2, 0) is 11.3 Å². The van der Waals surface area contributed by atoms with E-state index in [4.69, 9.17) is 9.15 Å². The van der Waals surface area contributed by atoms with E-state index in [-0.39, 0.29) is 18.3 Å². The van der Waals surface area contributed by atoms with Crippen LogP contribution in [0.1, 0.15) is 12.5 Å². The Balaban J connectivity index is 1.69. The maximum atomic E-state index is 13.3. The van der Waals surface area contributed by atoms with Gasteiger partial charge >= 0.3 is 5.63 Å². The highest BCUT2D eigenvalue weighted by Crippen LogP contribution is 2.21. The normalized spacial score (nSPS) is 12.0. The predicted octanol–water partition coefficient (Wildman–Crippen LogP) is 3.36. The molecule has 134 valence electrons. The van der Waals surface area contributed by atoms with Gasteiger partial charge in [-0.05, 0) is 42.8 Å². The molecular weight excluding hydrogens is 337 g/mol. The highest BCUT2D eigenvalue weighted by atomic mass is 19.1. The van der Waals surface area contributed by atoms with Crippen molar-refractivity contribution in [1.29, 1.82) is 0 Å². The van der Waals surface area contributed by atoms with Crippen LogP contribution in [0, 0.1) is 5.82 Å². The number of carbonyl (C=O) groups excluding carboxylic acids is 1. The molecule has 6 heteroatoms. The topological polar surface area (TPSA) is 59.8 Å². The number of hydrogen-bond acceptors (Lipinski definition) is 4. The molecule has 1 amide bonds. The number of benzene rings is 2. The molecule has 0 N–H and O–H groups in total. The molecule has 3 rings (SSSR count). The first-order chi connectivity index (χ1) is 12.4. The zero-order chi connectivity index (χ0) is 18.7. The number of hydrogen-bond donors (Lipinski definition) is 0. The summed E-state index contributed by atoms with van der Waals surface area (Å²) in [6.45, 7) is 1.91. The Kier molecular flexibility index (Phi) is 5.02. The number of nitrogens with zero attached hydrogens (tertiary/aromatic N) is 1. The van der Waals surface area contributed by atoms with Crippen molar-refractivity contribution in [1.82, 2.24) is 4.90 Å². The standard InChI is InChI=1S/C20H18FNO4/c1-13(20(24)22(2)12-14-4-3-5-16(21)10-14)25-17-8-6-15-7-9-19(23)26-18(15)11-17/h3-11,13H,12H2,1-2H3. The van der Waals surface area contributed by atoms with Crippen LogP contribution in [0.3, 0.4) is 0 Å². The fraction of sp³-hybridized carbons (Fsp3) is 0.200. The number of likely N-dealkylation sites (N-methyl/N-ethyl adjacent to an activating group) is 1. The molecule has 1 aromatic heterocycles. The van der Waals surface area contributed by atoms with Crippen molar-refractivity contribution in [2.75, 3.05) is 7.05 Å². The molecule has 0 spiro atoms. The third kappa shape index (κ3) is 4.08. The first-order valence-electron chi connectivity index (χ1n) is 8.12. The Morgan fingerprint density at radius 1 is 1.19 bits per heavy atom. The van der Waals surface area contributed by atoms with Crippen molar-refractivity contribution < 1.29 is 18.3 Å². The maximum Gasteiger partial charge on any atom is 0.336 e. The first kappa shape index (κ1) is 17.7. The van der Waals surface area contributed by atoms with Gasteiger partial charge in [0.2, 0.25) is 0 Å². The molecule has 1 heterocycles. The number of halogens is 1. The van der Waals surface area contributed by atoms with E-state index in [9.17, 15) is 14.0 Å². The Hall–Kier alpha value is -3.15. The molecule has 0 fully saturated rings. The van der Waals surface area contributed by atoms with Crippen molar-refractivity contribution in [3.05, 3.63) is 76.4 Å². The molecule has 0 aliphatic rings. The summed E-state index contributed by atoms with van der Waals surface area (Å²) in [5.74, 6) is -0.166. The van der Waals surface area contributed by atoms with E-state index in [0.29, 0.717) is 16.9 Å². The van der Waals surface area contributed by atoms with Gasteiger partial charge in [0.1, 0.15) is 17.1 Å². The van der Waals surface area contributed by atoms with Gasteiger partial charge in [0, 0.05) is 31.1 Å². The third-order valence-corrected chi connectivity index (χ3v) is 3.94. The molecule has 2 aromatic carbocycles. The summed E-state index contributed by atoms with van der Waals surface area (Å²) in [5.41, 5.74) is 0.636. The fourth-order valence-electron chi connectivity index (χ4n) is 2.67. The molecule has 0 saturated carbocycles. The van der Waals surface area contributed by atoms with Gasteiger partial charge in [-0.3, -0.25) is 4.79 Å². The molecule has 3 aromatic rings. The van der Waals surface area contributed by atoms with Crippen LogP contribution in [0.4, 0.5) is 4.39 Å². The molecule has 1 unspecified atom stereocenters. The van der Waals surface area contributed by atoms with Crippen LogP contribution in [0.15, 0.2) is 63.8 Å². The van der Waals surface area contributed by atoms with Crippen LogP contribution in [-0.4, -0.2) is 24.0 Å². The van der Waals surface area contributed by atoms with Gasteiger partial charge in [0.05, 0.1) is 0 Å². The number of carbonyl (C=O) groups is 1. The van der Waals surface area contributed by atoms with Crippen LogP contribution in [0.2, 0.25) is 0 Å². The first-order valence-corrected chi connectivity index (χ1v) is 8.12. The molecule has 0 saturated heterocycles. The smallest absolute Gasteiger partial charge is 0.336 e. The predicted molar refractivity (Wildman–Crippen MR) is 95.4 cm³/mol. The zero-order valence-corrected chi connectivity index (χ0v) is 14.4. The molecule has 0 bridgehead atoms. The number of amides is 1. The number of ether oxygens (including phenoxy) is 1. The van der Waals surface area contributed by atoms with Gasteiger partial charge in [-0.2, -0.15) is 0 Å². The fourth-order valence-corrected chi connectivity index (χ4v) is 2.67. The quantitative estimate of drug-likeness (QED) is 0.659. The Labute approximate surface area is 149 Å². The molecule has 0 aliphatic carbocycles. The summed E-state index contributed by atoms with van der Waals surface area (Å²) in [5, 5.41) is 0.763. The van der Waals surface area contributed by atoms with Crippen molar-refractivity contribution in [3.63, 3.8) is 0 Å². The van der Waals surface area contributed by atoms with E-state index >= 15 is 0 Å². The molecule has 0 aliphatic heterocycles. The molecular formula is C20H18FNO4. The van der Waals surface area contributed by atoms with Crippen LogP contribution in [0.5, 0.6) is 5.75 Å². The van der Waals surface area contributed by atoms with Crippen LogP contribution >= 0.6 is 0 Å². The van der Waals surface area contributed by atoms with E-state index in [1.807, 2.05) is 0 Å². The summed E-state index contributed by atoms with van der Waals surface area (Å²) in [4.78, 5) is 25.3. The molecule has 0 radical (unpaired) electrons. The summed E-state index contributed by atoms with van der Waals surface area (Å²) in [6.07, 6.45) is -0.749. The van der Waals surface area contributed by atoms with Gasteiger partial charge in [-0.15, -0.1) is 0 Å². The Morgan fingerprint density at radius 3 is 2.73 bits per heavy atom. The van der Waals surface area contributed by atoms with Gasteiger partial charge in [0.25, 0.3) is 5.91 Å². The summed E-state index contributed by atoms with van der Waals surface area (Å²) in [6, 6.07) is 14.1. The average Bonchev–Trinajstić information content (AvgIpc) is 2.60. The van der Waals surface area contributed by atoms with Gasteiger partial charge in [-0.25, -0.2) is 9.18 Å². The number of rotatable bonds is 5. The average molecular weight is 355 g/mol. The largest absolute Gasteiger partial charge is 0.481 e. The highest BCUT2D eigenvalue weighted by molar-refractivity contribution is 5.81. The van der Waals surface area contributed by atoms with E-state index < -0.39 is 11.7 Å². The second kappa shape index (κ2) is 7.39.